The van der Waals surface area contributed by atoms with E-state index in [2.05, 4.69) is 0 Å². The molecule has 0 aliphatic rings. The molecule has 0 heterocycles. The molecule has 0 aliphatic heterocycles. The summed E-state index contributed by atoms with van der Waals surface area (Å²) in [5, 5.41) is 0. The van der Waals surface area contributed by atoms with Crippen molar-refractivity contribution in [3.8, 4) is 17.2 Å². The minimum Gasteiger partial charge on any atom is -0.497 e. The first-order chi connectivity index (χ1) is 8.72. The van der Waals surface area contributed by atoms with Gasteiger partial charge in [-0.3, -0.25) is 4.79 Å². The van der Waals surface area contributed by atoms with Crippen LogP contribution in [0.15, 0.2) is 42.5 Å². The van der Waals surface area contributed by atoms with Crippen LogP contribution in [0.5, 0.6) is 17.2 Å². The van der Waals surface area contributed by atoms with Gasteiger partial charge in [0, 0.05) is 5.56 Å². The van der Waals surface area contributed by atoms with Crippen molar-refractivity contribution in [3.63, 3.8) is 0 Å². The first kappa shape index (κ1) is 12.2. The lowest BCUT2D eigenvalue weighted by Gasteiger charge is -2.08. The van der Waals surface area contributed by atoms with E-state index in [-0.39, 0.29) is 0 Å². The number of aryl methyl sites for hydroxylation is 1. The quantitative estimate of drug-likeness (QED) is 0.768. The van der Waals surface area contributed by atoms with Crippen LogP contribution >= 0.6 is 0 Å². The van der Waals surface area contributed by atoms with E-state index in [1.54, 1.807) is 19.2 Å². The summed E-state index contributed by atoms with van der Waals surface area (Å²) in [6.45, 7) is 1.88. The molecule has 3 nitrogen and oxygen atoms in total. The number of hydrogen-bond acceptors (Lipinski definition) is 3. The van der Waals surface area contributed by atoms with Crippen LogP contribution in [-0.2, 0) is 0 Å². The number of methoxy groups -OCH3 is 1. The molecule has 0 amide bonds. The number of benzene rings is 2. The number of carbonyl (C=O) groups excluding carboxylic acids is 1. The summed E-state index contributed by atoms with van der Waals surface area (Å²) in [6.07, 6.45) is 0.840. The third-order valence-corrected chi connectivity index (χ3v) is 2.66. The van der Waals surface area contributed by atoms with Crippen LogP contribution in [0.1, 0.15) is 15.9 Å². The molecule has 0 saturated heterocycles. The molecular weight excluding hydrogens is 228 g/mol. The van der Waals surface area contributed by atoms with Gasteiger partial charge in [-0.15, -0.1) is 0 Å². The zero-order valence-corrected chi connectivity index (χ0v) is 10.3. The highest BCUT2D eigenvalue weighted by Gasteiger charge is 2.01. The zero-order valence-electron chi connectivity index (χ0n) is 10.3. The predicted octanol–water partition coefficient (Wildman–Crippen LogP) is 3.61. The van der Waals surface area contributed by atoms with Gasteiger partial charge >= 0.3 is 0 Å². The summed E-state index contributed by atoms with van der Waals surface area (Å²) in [7, 11) is 1.62. The molecule has 0 saturated carbocycles. The molecule has 0 aromatic heterocycles. The van der Waals surface area contributed by atoms with Gasteiger partial charge in [-0.2, -0.15) is 0 Å². The van der Waals surface area contributed by atoms with Crippen LogP contribution in [0, 0.1) is 6.92 Å². The largest absolute Gasteiger partial charge is 0.497 e. The maximum Gasteiger partial charge on any atom is 0.150 e. The molecule has 0 bridgehead atoms. The smallest absolute Gasteiger partial charge is 0.150 e. The summed E-state index contributed by atoms with van der Waals surface area (Å²) < 4.78 is 10.8. The van der Waals surface area contributed by atoms with Crippen LogP contribution < -0.4 is 9.47 Å². The van der Waals surface area contributed by atoms with Gasteiger partial charge in [-0.1, -0.05) is 0 Å². The topological polar surface area (TPSA) is 35.5 Å². The number of hydrogen-bond donors (Lipinski definition) is 0. The van der Waals surface area contributed by atoms with Crippen LogP contribution in [0.3, 0.4) is 0 Å². The van der Waals surface area contributed by atoms with E-state index in [0.717, 1.165) is 23.3 Å². The van der Waals surface area contributed by atoms with Crippen molar-refractivity contribution in [1.82, 2.24) is 0 Å². The fourth-order valence-corrected chi connectivity index (χ4v) is 1.62. The molecule has 0 spiro atoms. The summed E-state index contributed by atoms with van der Waals surface area (Å²) in [5.41, 5.74) is 1.58. The second kappa shape index (κ2) is 5.36. The Morgan fingerprint density at radius 1 is 0.944 bits per heavy atom. The van der Waals surface area contributed by atoms with E-state index in [1.165, 1.54) is 0 Å². The van der Waals surface area contributed by atoms with E-state index in [1.807, 2.05) is 37.3 Å². The molecule has 0 atom stereocenters. The minimum absolute atomic E-state index is 0.678. The average Bonchev–Trinajstić information content (AvgIpc) is 2.40. The number of aldehydes is 1. The lowest BCUT2D eigenvalue weighted by molar-refractivity contribution is 0.112. The molecule has 0 aliphatic carbocycles. The number of rotatable bonds is 4. The molecule has 0 N–H and O–H groups in total. The fourth-order valence-electron chi connectivity index (χ4n) is 1.62. The number of ether oxygens (including phenoxy) is 2. The van der Waals surface area contributed by atoms with E-state index >= 15 is 0 Å². The van der Waals surface area contributed by atoms with Crippen molar-refractivity contribution >= 4 is 6.29 Å². The Bertz CT molecular complexity index is 544. The highest BCUT2D eigenvalue weighted by molar-refractivity contribution is 5.77. The first-order valence-electron chi connectivity index (χ1n) is 5.60. The third-order valence-electron chi connectivity index (χ3n) is 2.66. The second-order valence-corrected chi connectivity index (χ2v) is 3.91. The van der Waals surface area contributed by atoms with E-state index in [9.17, 15) is 4.79 Å². The van der Waals surface area contributed by atoms with Crippen molar-refractivity contribution in [2.45, 2.75) is 6.92 Å². The highest BCUT2D eigenvalue weighted by Crippen LogP contribution is 2.25. The van der Waals surface area contributed by atoms with Gasteiger partial charge in [-0.05, 0) is 55.0 Å². The van der Waals surface area contributed by atoms with Crippen molar-refractivity contribution in [2.24, 2.45) is 0 Å². The normalized spacial score (nSPS) is 9.89. The minimum atomic E-state index is 0.678. The molecule has 2 rings (SSSR count). The van der Waals surface area contributed by atoms with Gasteiger partial charge in [-0.25, -0.2) is 0 Å². The molecule has 0 unspecified atom stereocenters. The summed E-state index contributed by atoms with van der Waals surface area (Å²) in [4.78, 5) is 10.7. The molecule has 0 radical (unpaired) electrons. The molecule has 0 fully saturated rings. The standard InChI is InChI=1S/C15H14O3/c1-11-9-15(4-3-12(11)10-16)18-14-7-5-13(17-2)6-8-14/h3-10H,1-2H3. The third kappa shape index (κ3) is 2.69. The van der Waals surface area contributed by atoms with E-state index in [0.29, 0.717) is 11.3 Å². The SMILES string of the molecule is COc1ccc(Oc2ccc(C=O)c(C)c2)cc1. The molecule has 2 aromatic rings. The van der Waals surface area contributed by atoms with Gasteiger partial charge < -0.3 is 9.47 Å². The Balaban J connectivity index is 2.17. The summed E-state index contributed by atoms with van der Waals surface area (Å²) in [6, 6.07) is 12.7. The maximum absolute atomic E-state index is 10.7. The monoisotopic (exact) mass is 242 g/mol. The average molecular weight is 242 g/mol. The Kier molecular flexibility index (Phi) is 3.63. The Hall–Kier alpha value is -2.29. The fraction of sp³-hybridized carbons (Fsp3) is 0.133. The molecule has 2 aromatic carbocycles. The molecule has 3 heteroatoms. The molecular formula is C15H14O3. The van der Waals surface area contributed by atoms with Gasteiger partial charge in [0.2, 0.25) is 0 Å². The van der Waals surface area contributed by atoms with Crippen molar-refractivity contribution in [1.29, 1.82) is 0 Å². The lowest BCUT2D eigenvalue weighted by Crippen LogP contribution is -1.89. The Morgan fingerprint density at radius 3 is 2.11 bits per heavy atom. The van der Waals surface area contributed by atoms with Crippen LogP contribution in [0.2, 0.25) is 0 Å². The first-order valence-corrected chi connectivity index (χ1v) is 5.60. The van der Waals surface area contributed by atoms with Crippen LogP contribution in [-0.4, -0.2) is 13.4 Å². The van der Waals surface area contributed by atoms with Crippen LogP contribution in [0.4, 0.5) is 0 Å². The Morgan fingerprint density at radius 2 is 1.56 bits per heavy atom. The van der Waals surface area contributed by atoms with Crippen molar-refractivity contribution in [2.75, 3.05) is 7.11 Å². The zero-order chi connectivity index (χ0) is 13.0. The lowest BCUT2D eigenvalue weighted by atomic mass is 10.1. The summed E-state index contributed by atoms with van der Waals surface area (Å²) in [5.74, 6) is 2.23. The second-order valence-electron chi connectivity index (χ2n) is 3.91. The van der Waals surface area contributed by atoms with Crippen LogP contribution in [0.25, 0.3) is 0 Å². The van der Waals surface area contributed by atoms with E-state index in [4.69, 9.17) is 9.47 Å². The van der Waals surface area contributed by atoms with Gasteiger partial charge in [0.05, 0.1) is 7.11 Å². The van der Waals surface area contributed by atoms with Crippen molar-refractivity contribution in [3.05, 3.63) is 53.6 Å². The summed E-state index contributed by atoms with van der Waals surface area (Å²) >= 11 is 0. The van der Waals surface area contributed by atoms with Gasteiger partial charge in [0.1, 0.15) is 23.5 Å². The molecule has 92 valence electrons. The van der Waals surface area contributed by atoms with Gasteiger partial charge in [0.25, 0.3) is 0 Å². The van der Waals surface area contributed by atoms with Gasteiger partial charge in [0.15, 0.2) is 0 Å². The Labute approximate surface area is 106 Å². The van der Waals surface area contributed by atoms with E-state index < -0.39 is 0 Å². The maximum atomic E-state index is 10.7. The number of carbonyl (C=O) groups is 1. The van der Waals surface area contributed by atoms with Crippen molar-refractivity contribution < 1.29 is 14.3 Å². The molecule has 18 heavy (non-hydrogen) atoms. The highest BCUT2D eigenvalue weighted by atomic mass is 16.5. The predicted molar refractivity (Wildman–Crippen MR) is 69.6 cm³/mol.